The van der Waals surface area contributed by atoms with E-state index in [1.165, 1.54) is 83.3 Å². The lowest BCUT2D eigenvalue weighted by Gasteiger charge is -2.49. The molecular weight excluding hydrogens is 595 g/mol. The summed E-state index contributed by atoms with van der Waals surface area (Å²) >= 11 is 0. The van der Waals surface area contributed by atoms with Crippen LogP contribution in [0.5, 0.6) is 11.5 Å². The number of ether oxygens (including phenoxy) is 1. The molecule has 4 saturated carbocycles. The fourth-order valence-electron chi connectivity index (χ4n) is 11.6. The molecule has 4 fully saturated rings. The predicted molar refractivity (Wildman–Crippen MR) is 202 cm³/mol. The van der Waals surface area contributed by atoms with E-state index in [-0.39, 0.29) is 16.2 Å². The Balaban J connectivity index is 1.25. The zero-order chi connectivity index (χ0) is 33.1. The number of para-hydroxylation sites is 2. The first-order valence-electron chi connectivity index (χ1n) is 18.8. The minimum absolute atomic E-state index is 0.0168. The van der Waals surface area contributed by atoms with Crippen LogP contribution in [0.25, 0.3) is 11.1 Å². The van der Waals surface area contributed by atoms with Crippen LogP contribution in [0.15, 0.2) is 115 Å². The molecule has 0 amide bonds. The predicted octanol–water partition coefficient (Wildman–Crippen LogP) is 12.6. The molecule has 11 rings (SSSR count). The fourth-order valence-corrected chi connectivity index (χ4v) is 11.6. The van der Waals surface area contributed by atoms with Gasteiger partial charge in [0, 0.05) is 33.5 Å². The number of anilines is 3. The van der Waals surface area contributed by atoms with Gasteiger partial charge in [-0.25, -0.2) is 0 Å². The highest BCUT2D eigenvalue weighted by Crippen LogP contribution is 2.73. The third kappa shape index (κ3) is 4.13. The van der Waals surface area contributed by atoms with Crippen molar-refractivity contribution in [1.82, 2.24) is 0 Å². The van der Waals surface area contributed by atoms with Crippen molar-refractivity contribution in [2.45, 2.75) is 82.5 Å². The highest BCUT2D eigenvalue weighted by atomic mass is 16.5. The average molecular weight is 642 g/mol. The summed E-state index contributed by atoms with van der Waals surface area (Å²) in [6.07, 6.45) is 7.87. The van der Waals surface area contributed by atoms with Gasteiger partial charge in [0.05, 0.1) is 5.69 Å². The molecule has 1 spiro atoms. The molecule has 2 nitrogen and oxygen atoms in total. The van der Waals surface area contributed by atoms with Crippen molar-refractivity contribution >= 4 is 17.1 Å². The molecule has 2 heteroatoms. The van der Waals surface area contributed by atoms with Crippen LogP contribution >= 0.6 is 0 Å². The van der Waals surface area contributed by atoms with Crippen molar-refractivity contribution in [3.8, 4) is 22.6 Å². The van der Waals surface area contributed by atoms with Gasteiger partial charge in [0.2, 0.25) is 0 Å². The monoisotopic (exact) mass is 641 g/mol. The van der Waals surface area contributed by atoms with E-state index in [0.29, 0.717) is 11.8 Å². The highest BCUT2D eigenvalue weighted by Gasteiger charge is 2.66. The van der Waals surface area contributed by atoms with Crippen LogP contribution in [-0.4, -0.2) is 0 Å². The van der Waals surface area contributed by atoms with E-state index in [1.54, 1.807) is 0 Å². The summed E-state index contributed by atoms with van der Waals surface area (Å²) in [7, 11) is 0. The molecule has 0 N–H and O–H groups in total. The second kappa shape index (κ2) is 10.4. The van der Waals surface area contributed by atoms with Gasteiger partial charge in [-0.05, 0) is 126 Å². The zero-order valence-electron chi connectivity index (χ0n) is 29.4. The van der Waals surface area contributed by atoms with Crippen LogP contribution in [-0.2, 0) is 16.2 Å². The van der Waals surface area contributed by atoms with Gasteiger partial charge >= 0.3 is 0 Å². The summed E-state index contributed by atoms with van der Waals surface area (Å²) in [6, 6.07) is 43.3. The molecule has 5 aliphatic carbocycles. The van der Waals surface area contributed by atoms with E-state index in [2.05, 4.69) is 148 Å². The lowest BCUT2D eigenvalue weighted by Crippen LogP contribution is -2.44. The third-order valence-corrected chi connectivity index (χ3v) is 13.8. The standard InChI is InChI=1S/C47H47NO/c1-45(2)23-24-46(3,4)40-29-35(19-20-36(40)45)48(34-15-9-6-10-16-34)41-22-21-38-44(43(41)31-13-7-5-8-14-31)49-42-18-12-11-17-37(42)47(38)33-26-30-25-32(28-33)39(47)27-30/h5-22,29-30,32-33,39H,23-28H2,1-4H3. The molecule has 1 heterocycles. The largest absolute Gasteiger partial charge is 0.456 e. The summed E-state index contributed by atoms with van der Waals surface area (Å²) in [5.41, 5.74) is 12.1. The zero-order valence-corrected chi connectivity index (χ0v) is 29.4. The Morgan fingerprint density at radius 2 is 1.29 bits per heavy atom. The molecule has 49 heavy (non-hydrogen) atoms. The number of nitrogens with zero attached hydrogens (tertiary/aromatic N) is 1. The molecule has 0 saturated heterocycles. The molecule has 5 unspecified atom stereocenters. The average Bonchev–Trinajstić information content (AvgIpc) is 3.53. The third-order valence-electron chi connectivity index (χ3n) is 13.8. The summed E-state index contributed by atoms with van der Waals surface area (Å²) in [5, 5.41) is 0. The molecule has 5 aromatic carbocycles. The van der Waals surface area contributed by atoms with Gasteiger partial charge in [0.25, 0.3) is 0 Å². The van der Waals surface area contributed by atoms with Gasteiger partial charge < -0.3 is 9.64 Å². The Kier molecular flexibility index (Phi) is 6.26. The van der Waals surface area contributed by atoms with E-state index in [9.17, 15) is 0 Å². The molecule has 0 aromatic heterocycles. The van der Waals surface area contributed by atoms with Gasteiger partial charge in [-0.15, -0.1) is 0 Å². The van der Waals surface area contributed by atoms with Gasteiger partial charge in [0.15, 0.2) is 0 Å². The SMILES string of the molecule is CC1(C)CCC(C)(C)c2cc(N(c3ccccc3)c3ccc4c(c3-c3ccccc3)Oc3ccccc3C43C4CC5CC(C4)C3C5)ccc21. The van der Waals surface area contributed by atoms with Crippen molar-refractivity contribution in [3.05, 3.63) is 138 Å². The molecular formula is C47H47NO. The topological polar surface area (TPSA) is 12.5 Å². The molecule has 246 valence electrons. The first-order valence-corrected chi connectivity index (χ1v) is 18.8. The molecule has 5 atom stereocenters. The van der Waals surface area contributed by atoms with Crippen LogP contribution in [0, 0.1) is 23.7 Å². The second-order valence-electron chi connectivity index (χ2n) is 17.2. The Bertz CT molecular complexity index is 2090. The maximum atomic E-state index is 7.25. The van der Waals surface area contributed by atoms with E-state index in [1.807, 2.05) is 0 Å². The van der Waals surface area contributed by atoms with E-state index in [0.717, 1.165) is 29.0 Å². The number of rotatable bonds is 4. The van der Waals surface area contributed by atoms with Gasteiger partial charge in [-0.3, -0.25) is 0 Å². The number of hydrogen-bond donors (Lipinski definition) is 0. The molecule has 1 aliphatic heterocycles. The molecule has 0 radical (unpaired) electrons. The van der Waals surface area contributed by atoms with Gasteiger partial charge in [0.1, 0.15) is 11.5 Å². The smallest absolute Gasteiger partial charge is 0.141 e. The number of benzene rings is 5. The minimum atomic E-state index is 0.0168. The molecule has 6 aliphatic rings. The van der Waals surface area contributed by atoms with Crippen molar-refractivity contribution in [2.24, 2.45) is 23.7 Å². The number of fused-ring (bicyclic) bond motifs is 3. The lowest BCUT2D eigenvalue weighted by atomic mass is 9.56. The normalized spacial score (nSPS) is 27.7. The van der Waals surface area contributed by atoms with E-state index in [4.69, 9.17) is 4.74 Å². The van der Waals surface area contributed by atoms with Crippen LogP contribution in [0.4, 0.5) is 17.1 Å². The Morgan fingerprint density at radius 1 is 0.592 bits per heavy atom. The van der Waals surface area contributed by atoms with E-state index < -0.39 is 0 Å². The van der Waals surface area contributed by atoms with E-state index >= 15 is 0 Å². The molecule has 5 aromatic rings. The number of hydrogen-bond acceptors (Lipinski definition) is 2. The maximum Gasteiger partial charge on any atom is 0.141 e. The summed E-state index contributed by atoms with van der Waals surface area (Å²) in [5.74, 6) is 5.21. The van der Waals surface area contributed by atoms with Crippen LogP contribution in [0.3, 0.4) is 0 Å². The lowest BCUT2D eigenvalue weighted by molar-refractivity contribution is 0.173. The minimum Gasteiger partial charge on any atom is -0.456 e. The fraction of sp³-hybridized carbons (Fsp3) is 0.362. The maximum absolute atomic E-state index is 7.25. The van der Waals surface area contributed by atoms with Gasteiger partial charge in [-0.2, -0.15) is 0 Å². The first kappa shape index (κ1) is 29.6. The molecule has 4 bridgehead atoms. The van der Waals surface area contributed by atoms with Crippen molar-refractivity contribution in [2.75, 3.05) is 4.90 Å². The Labute approximate surface area is 292 Å². The second-order valence-corrected chi connectivity index (χ2v) is 17.2. The Hall–Kier alpha value is -4.30. The van der Waals surface area contributed by atoms with Crippen molar-refractivity contribution in [3.63, 3.8) is 0 Å². The Morgan fingerprint density at radius 3 is 2.06 bits per heavy atom. The highest BCUT2D eigenvalue weighted by molar-refractivity contribution is 5.93. The van der Waals surface area contributed by atoms with Crippen molar-refractivity contribution < 1.29 is 4.74 Å². The van der Waals surface area contributed by atoms with Gasteiger partial charge in [-0.1, -0.05) is 107 Å². The summed E-state index contributed by atoms with van der Waals surface area (Å²) in [6.45, 7) is 9.69. The van der Waals surface area contributed by atoms with Crippen LogP contribution < -0.4 is 9.64 Å². The summed E-state index contributed by atoms with van der Waals surface area (Å²) < 4.78 is 7.25. The van der Waals surface area contributed by atoms with Crippen molar-refractivity contribution in [1.29, 1.82) is 0 Å². The van der Waals surface area contributed by atoms with Crippen LogP contribution in [0.1, 0.15) is 88.5 Å². The first-order chi connectivity index (χ1) is 23.8. The summed E-state index contributed by atoms with van der Waals surface area (Å²) in [4.78, 5) is 2.50. The van der Waals surface area contributed by atoms with Crippen LogP contribution in [0.2, 0.25) is 0 Å². The quantitative estimate of drug-likeness (QED) is 0.194.